The molecule has 1 rings (SSSR count). The van der Waals surface area contributed by atoms with E-state index in [1.165, 1.54) is 0 Å². The van der Waals surface area contributed by atoms with Crippen molar-refractivity contribution in [2.75, 3.05) is 0 Å². The van der Waals surface area contributed by atoms with Crippen LogP contribution in [-0.4, -0.2) is 17.0 Å². The lowest BCUT2D eigenvalue weighted by Gasteiger charge is -2.02. The summed E-state index contributed by atoms with van der Waals surface area (Å²) in [5.74, 6) is 0.889. The Balaban J connectivity index is 2.80. The summed E-state index contributed by atoms with van der Waals surface area (Å²) in [6.07, 6.45) is 0.181. The summed E-state index contributed by atoms with van der Waals surface area (Å²) in [7, 11) is 0. The van der Waals surface area contributed by atoms with Crippen LogP contribution < -0.4 is 0 Å². The van der Waals surface area contributed by atoms with E-state index in [-0.39, 0.29) is 12.8 Å². The van der Waals surface area contributed by atoms with Crippen LogP contribution in [0.25, 0.3) is 5.57 Å². The standard InChI is InChI=1S/C12H12O3/c1-9-2-4-10(5-3-9)11(8-13)6-7-12(14)15/h2-5H,6-7H2,1H3,(H,14,15). The highest BCUT2D eigenvalue weighted by Gasteiger charge is 2.05. The first-order valence-electron chi connectivity index (χ1n) is 4.66. The van der Waals surface area contributed by atoms with Crippen LogP contribution >= 0.6 is 0 Å². The molecule has 3 heteroatoms. The van der Waals surface area contributed by atoms with E-state index in [4.69, 9.17) is 5.11 Å². The number of rotatable bonds is 4. The average molecular weight is 204 g/mol. The molecule has 0 spiro atoms. The van der Waals surface area contributed by atoms with Crippen molar-refractivity contribution in [2.45, 2.75) is 19.8 Å². The van der Waals surface area contributed by atoms with Gasteiger partial charge in [0.1, 0.15) is 5.94 Å². The molecule has 3 nitrogen and oxygen atoms in total. The van der Waals surface area contributed by atoms with Gasteiger partial charge in [0.05, 0.1) is 6.42 Å². The SMILES string of the molecule is Cc1ccc(C(=C=O)CCC(=O)O)cc1. The first-order valence-corrected chi connectivity index (χ1v) is 4.66. The summed E-state index contributed by atoms with van der Waals surface area (Å²) in [5.41, 5.74) is 2.26. The minimum Gasteiger partial charge on any atom is -0.481 e. The Labute approximate surface area is 88.0 Å². The minimum absolute atomic E-state index is 0.0432. The topological polar surface area (TPSA) is 54.4 Å². The van der Waals surface area contributed by atoms with Crippen LogP contribution in [0.15, 0.2) is 24.3 Å². The molecular weight excluding hydrogens is 192 g/mol. The second-order valence-corrected chi connectivity index (χ2v) is 3.34. The van der Waals surface area contributed by atoms with Gasteiger partial charge in [0, 0.05) is 5.57 Å². The molecule has 0 saturated heterocycles. The number of carbonyl (C=O) groups excluding carboxylic acids is 1. The molecule has 1 aromatic rings. The second-order valence-electron chi connectivity index (χ2n) is 3.34. The van der Waals surface area contributed by atoms with Crippen molar-refractivity contribution >= 4 is 17.5 Å². The monoisotopic (exact) mass is 204 g/mol. The summed E-state index contributed by atoms with van der Waals surface area (Å²) >= 11 is 0. The first kappa shape index (κ1) is 11.2. The largest absolute Gasteiger partial charge is 0.481 e. The van der Waals surface area contributed by atoms with Crippen molar-refractivity contribution in [3.8, 4) is 0 Å². The van der Waals surface area contributed by atoms with E-state index in [0.717, 1.165) is 11.1 Å². The maximum atomic E-state index is 10.6. The molecular formula is C12H12O3. The number of aryl methyl sites for hydroxylation is 1. The van der Waals surface area contributed by atoms with Crippen molar-refractivity contribution < 1.29 is 14.7 Å². The molecule has 0 bridgehead atoms. The van der Waals surface area contributed by atoms with E-state index in [0.29, 0.717) is 5.57 Å². The lowest BCUT2D eigenvalue weighted by molar-refractivity contribution is -0.136. The number of carboxylic acids is 1. The normalized spacial score (nSPS) is 9.40. The van der Waals surface area contributed by atoms with Gasteiger partial charge in [0.25, 0.3) is 0 Å². The Hall–Kier alpha value is -1.86. The fraction of sp³-hybridized carbons (Fsp3) is 0.250. The predicted octanol–water partition coefficient (Wildman–Crippen LogP) is 2.07. The van der Waals surface area contributed by atoms with E-state index in [1.54, 1.807) is 18.1 Å². The molecule has 0 radical (unpaired) electrons. The molecule has 0 aromatic heterocycles. The number of benzene rings is 1. The van der Waals surface area contributed by atoms with Gasteiger partial charge in [-0.1, -0.05) is 29.8 Å². The number of aliphatic carboxylic acids is 1. The lowest BCUT2D eigenvalue weighted by Crippen LogP contribution is -1.96. The third-order valence-corrected chi connectivity index (χ3v) is 2.11. The molecule has 0 aliphatic heterocycles. The first-order chi connectivity index (χ1) is 7.13. The second kappa shape index (κ2) is 5.13. The zero-order valence-corrected chi connectivity index (χ0v) is 8.49. The molecule has 0 aliphatic rings. The van der Waals surface area contributed by atoms with Crippen LogP contribution in [0.2, 0.25) is 0 Å². The Morgan fingerprint density at radius 1 is 1.27 bits per heavy atom. The van der Waals surface area contributed by atoms with Crippen molar-refractivity contribution in [1.82, 2.24) is 0 Å². The molecule has 0 unspecified atom stereocenters. The van der Waals surface area contributed by atoms with Gasteiger partial charge in [0.15, 0.2) is 0 Å². The van der Waals surface area contributed by atoms with E-state index in [1.807, 2.05) is 19.1 Å². The van der Waals surface area contributed by atoms with E-state index < -0.39 is 5.97 Å². The third kappa shape index (κ3) is 3.41. The molecule has 15 heavy (non-hydrogen) atoms. The van der Waals surface area contributed by atoms with Gasteiger partial charge in [-0.2, -0.15) is 0 Å². The van der Waals surface area contributed by atoms with Gasteiger partial charge in [-0.3, -0.25) is 4.79 Å². The number of hydrogen-bond donors (Lipinski definition) is 1. The number of hydrogen-bond acceptors (Lipinski definition) is 2. The van der Waals surface area contributed by atoms with E-state index in [2.05, 4.69) is 0 Å². The van der Waals surface area contributed by atoms with E-state index in [9.17, 15) is 9.59 Å². The average Bonchev–Trinajstić information content (AvgIpc) is 2.21. The van der Waals surface area contributed by atoms with Gasteiger partial charge in [-0.05, 0) is 18.9 Å². The van der Waals surface area contributed by atoms with Gasteiger partial charge in [0.2, 0.25) is 0 Å². The van der Waals surface area contributed by atoms with Crippen LogP contribution in [0.5, 0.6) is 0 Å². The van der Waals surface area contributed by atoms with Crippen molar-refractivity contribution in [1.29, 1.82) is 0 Å². The summed E-state index contributed by atoms with van der Waals surface area (Å²) < 4.78 is 0. The predicted molar refractivity (Wildman–Crippen MR) is 57.1 cm³/mol. The van der Waals surface area contributed by atoms with Gasteiger partial charge >= 0.3 is 5.97 Å². The highest BCUT2D eigenvalue weighted by Crippen LogP contribution is 2.17. The fourth-order valence-corrected chi connectivity index (χ4v) is 1.24. The molecule has 0 heterocycles. The maximum absolute atomic E-state index is 10.6. The zero-order chi connectivity index (χ0) is 11.3. The van der Waals surface area contributed by atoms with Crippen LogP contribution in [0.3, 0.4) is 0 Å². The van der Waals surface area contributed by atoms with Crippen molar-refractivity contribution in [2.24, 2.45) is 0 Å². The minimum atomic E-state index is -0.908. The Morgan fingerprint density at radius 3 is 2.33 bits per heavy atom. The highest BCUT2D eigenvalue weighted by molar-refractivity contribution is 5.88. The Kier molecular flexibility index (Phi) is 3.83. The van der Waals surface area contributed by atoms with E-state index >= 15 is 0 Å². The summed E-state index contributed by atoms with van der Waals surface area (Å²) in [6.45, 7) is 1.95. The smallest absolute Gasteiger partial charge is 0.303 e. The molecule has 0 aliphatic carbocycles. The lowest BCUT2D eigenvalue weighted by atomic mass is 10.0. The van der Waals surface area contributed by atoms with Crippen LogP contribution in [0, 0.1) is 6.92 Å². The van der Waals surface area contributed by atoms with Gasteiger partial charge in [-0.25, -0.2) is 4.79 Å². The van der Waals surface area contributed by atoms with Crippen molar-refractivity contribution in [3.05, 3.63) is 35.4 Å². The fourth-order valence-electron chi connectivity index (χ4n) is 1.24. The Bertz CT molecular complexity index is 397. The van der Waals surface area contributed by atoms with Gasteiger partial charge in [-0.15, -0.1) is 0 Å². The zero-order valence-electron chi connectivity index (χ0n) is 8.49. The van der Waals surface area contributed by atoms with Crippen molar-refractivity contribution in [3.63, 3.8) is 0 Å². The maximum Gasteiger partial charge on any atom is 0.303 e. The summed E-state index contributed by atoms with van der Waals surface area (Å²) in [5, 5.41) is 8.51. The molecule has 1 N–H and O–H groups in total. The quantitative estimate of drug-likeness (QED) is 0.764. The molecule has 0 saturated carbocycles. The molecule has 78 valence electrons. The summed E-state index contributed by atoms with van der Waals surface area (Å²) in [4.78, 5) is 21.0. The van der Waals surface area contributed by atoms with Crippen LogP contribution in [0.4, 0.5) is 0 Å². The third-order valence-electron chi connectivity index (χ3n) is 2.11. The molecule has 1 aromatic carbocycles. The highest BCUT2D eigenvalue weighted by atomic mass is 16.4. The van der Waals surface area contributed by atoms with Crippen LogP contribution in [-0.2, 0) is 9.59 Å². The molecule has 0 atom stereocenters. The Morgan fingerprint density at radius 2 is 1.87 bits per heavy atom. The number of allylic oxidation sites excluding steroid dienone is 1. The van der Waals surface area contributed by atoms with Gasteiger partial charge < -0.3 is 5.11 Å². The summed E-state index contributed by atoms with van der Waals surface area (Å²) in [6, 6.07) is 7.37. The van der Waals surface area contributed by atoms with Crippen LogP contribution in [0.1, 0.15) is 24.0 Å². The number of carboxylic acid groups (broad SMARTS) is 1. The number of carbonyl (C=O) groups is 1. The molecule has 0 fully saturated rings. The molecule has 0 amide bonds.